The van der Waals surface area contributed by atoms with Gasteiger partial charge in [0.05, 0.1) is 23.3 Å². The number of benzene rings is 1. The van der Waals surface area contributed by atoms with Gasteiger partial charge in [-0.25, -0.2) is 22.3 Å². The van der Waals surface area contributed by atoms with E-state index in [-0.39, 0.29) is 15.9 Å². The van der Waals surface area contributed by atoms with Crippen molar-refractivity contribution in [3.05, 3.63) is 66.4 Å². The molecule has 25 heavy (non-hydrogen) atoms. The molecule has 3 aromatic heterocycles. The predicted octanol–water partition coefficient (Wildman–Crippen LogP) is 2.97. The predicted molar refractivity (Wildman–Crippen MR) is 91.4 cm³/mol. The van der Waals surface area contributed by atoms with E-state index in [1.165, 1.54) is 16.6 Å². The zero-order valence-electron chi connectivity index (χ0n) is 12.7. The van der Waals surface area contributed by atoms with Gasteiger partial charge in [-0.1, -0.05) is 17.4 Å². The zero-order chi connectivity index (χ0) is 17.4. The summed E-state index contributed by atoms with van der Waals surface area (Å²) >= 11 is 0.993. The first-order chi connectivity index (χ1) is 12.0. The first-order valence-corrected chi connectivity index (χ1v) is 9.73. The second kappa shape index (κ2) is 6.01. The number of hydrogen-bond donors (Lipinski definition) is 0. The van der Waals surface area contributed by atoms with Crippen LogP contribution in [0.1, 0.15) is 5.69 Å². The minimum Gasteiger partial charge on any atom is -0.260 e. The summed E-state index contributed by atoms with van der Waals surface area (Å²) in [5, 5.41) is 4.13. The second-order valence-electron chi connectivity index (χ2n) is 5.31. The van der Waals surface area contributed by atoms with Crippen molar-refractivity contribution in [3.8, 4) is 11.3 Å². The molecule has 0 spiro atoms. The summed E-state index contributed by atoms with van der Waals surface area (Å²) in [5.41, 5.74) is 1.80. The van der Waals surface area contributed by atoms with Crippen LogP contribution in [0.5, 0.6) is 0 Å². The van der Waals surface area contributed by atoms with Crippen LogP contribution in [0.2, 0.25) is 0 Å². The average molecular weight is 374 g/mol. The van der Waals surface area contributed by atoms with Crippen molar-refractivity contribution in [2.45, 2.75) is 10.1 Å². The Labute approximate surface area is 146 Å². The van der Waals surface area contributed by atoms with E-state index in [4.69, 9.17) is 0 Å². The summed E-state index contributed by atoms with van der Waals surface area (Å²) in [4.78, 5) is 8.86. The van der Waals surface area contributed by atoms with E-state index in [1.54, 1.807) is 42.7 Å². The third-order valence-corrected chi connectivity index (χ3v) is 6.51. The molecule has 1 aromatic carbocycles. The third-order valence-electron chi connectivity index (χ3n) is 3.49. The molecule has 0 N–H and O–H groups in total. The van der Waals surface area contributed by atoms with Gasteiger partial charge in [0, 0.05) is 11.8 Å². The quantitative estimate of drug-likeness (QED) is 0.549. The molecule has 9 heteroatoms. The summed E-state index contributed by atoms with van der Waals surface area (Å²) in [6.45, 7) is 0. The van der Waals surface area contributed by atoms with Crippen LogP contribution in [0.3, 0.4) is 0 Å². The van der Waals surface area contributed by atoms with Crippen LogP contribution < -0.4 is 0 Å². The zero-order valence-corrected chi connectivity index (χ0v) is 14.3. The van der Waals surface area contributed by atoms with Crippen LogP contribution in [0.25, 0.3) is 16.2 Å². The molecular weight excluding hydrogens is 363 g/mol. The summed E-state index contributed by atoms with van der Waals surface area (Å²) in [5.74, 6) is -0.541. The second-order valence-corrected chi connectivity index (χ2v) is 8.43. The van der Waals surface area contributed by atoms with Crippen LogP contribution in [-0.2, 0) is 15.6 Å². The van der Waals surface area contributed by atoms with Crippen LogP contribution in [0.4, 0.5) is 4.39 Å². The molecular formula is C16H11FN4O2S2. The monoisotopic (exact) mass is 374 g/mol. The lowest BCUT2D eigenvalue weighted by Crippen LogP contribution is -2.06. The van der Waals surface area contributed by atoms with Crippen molar-refractivity contribution >= 4 is 26.1 Å². The Balaban J connectivity index is 1.66. The summed E-state index contributed by atoms with van der Waals surface area (Å²) in [6.07, 6.45) is 3.17. The molecule has 0 bridgehead atoms. The van der Waals surface area contributed by atoms with Crippen LogP contribution in [-0.4, -0.2) is 28.0 Å². The van der Waals surface area contributed by atoms with Crippen LogP contribution in [0, 0.1) is 5.82 Å². The number of halogens is 1. The van der Waals surface area contributed by atoms with Crippen molar-refractivity contribution in [1.29, 1.82) is 0 Å². The van der Waals surface area contributed by atoms with Crippen LogP contribution >= 0.6 is 11.3 Å². The van der Waals surface area contributed by atoms with Crippen LogP contribution in [0.15, 0.2) is 59.2 Å². The van der Waals surface area contributed by atoms with Crippen molar-refractivity contribution < 1.29 is 12.8 Å². The number of sulfone groups is 1. The normalized spacial score (nSPS) is 11.9. The molecule has 0 saturated carbocycles. The van der Waals surface area contributed by atoms with Gasteiger partial charge in [-0.2, -0.15) is 0 Å². The molecule has 3 heterocycles. The molecule has 4 rings (SSSR count). The Morgan fingerprint density at radius 3 is 2.60 bits per heavy atom. The van der Waals surface area contributed by atoms with Crippen molar-refractivity contribution in [1.82, 2.24) is 19.6 Å². The highest BCUT2D eigenvalue weighted by Crippen LogP contribution is 2.26. The minimum atomic E-state index is -3.59. The number of pyridine rings is 1. The van der Waals surface area contributed by atoms with Crippen molar-refractivity contribution in [2.24, 2.45) is 0 Å². The van der Waals surface area contributed by atoms with E-state index in [1.807, 2.05) is 0 Å². The number of nitrogens with zero attached hydrogens (tertiary/aromatic N) is 4. The molecule has 0 radical (unpaired) electrons. The Kier molecular flexibility index (Phi) is 3.81. The molecule has 0 amide bonds. The molecule has 0 fully saturated rings. The Bertz CT molecular complexity index is 1100. The molecule has 0 saturated heterocycles. The fourth-order valence-corrected chi connectivity index (χ4v) is 4.73. The average Bonchev–Trinajstić information content (AvgIpc) is 3.15. The van der Waals surface area contributed by atoms with Gasteiger partial charge in [-0.3, -0.25) is 4.98 Å². The lowest BCUT2D eigenvalue weighted by atomic mass is 10.2. The van der Waals surface area contributed by atoms with Gasteiger partial charge < -0.3 is 0 Å². The maximum atomic E-state index is 13.0. The first kappa shape index (κ1) is 15.9. The Morgan fingerprint density at radius 2 is 1.92 bits per heavy atom. The molecule has 0 aliphatic rings. The van der Waals surface area contributed by atoms with E-state index in [2.05, 4.69) is 15.1 Å². The van der Waals surface area contributed by atoms with Crippen molar-refractivity contribution in [2.75, 3.05) is 0 Å². The highest BCUT2D eigenvalue weighted by Gasteiger charge is 2.22. The number of imidazole rings is 1. The van der Waals surface area contributed by atoms with Gasteiger partial charge in [0.2, 0.25) is 19.1 Å². The number of hydrogen-bond acceptors (Lipinski definition) is 6. The SMILES string of the molecule is O=S(=O)(Cc1ccccn1)c1nn2cc(-c3ccc(F)cc3)nc2s1. The number of fused-ring (bicyclic) bond motifs is 1. The first-order valence-electron chi connectivity index (χ1n) is 7.26. The molecule has 0 aliphatic carbocycles. The Morgan fingerprint density at radius 1 is 1.12 bits per heavy atom. The van der Waals surface area contributed by atoms with Gasteiger partial charge in [0.25, 0.3) is 0 Å². The molecule has 126 valence electrons. The van der Waals surface area contributed by atoms with E-state index in [0.717, 1.165) is 16.9 Å². The van der Waals surface area contributed by atoms with Gasteiger partial charge in [-0.15, -0.1) is 5.10 Å². The topological polar surface area (TPSA) is 77.2 Å². The van der Waals surface area contributed by atoms with Gasteiger partial charge in [-0.05, 0) is 36.4 Å². The third kappa shape index (κ3) is 3.15. The maximum Gasteiger partial charge on any atom is 0.233 e. The minimum absolute atomic E-state index is 0.00805. The van der Waals surface area contributed by atoms with E-state index >= 15 is 0 Å². The highest BCUT2D eigenvalue weighted by atomic mass is 32.2. The van der Waals surface area contributed by atoms with Gasteiger partial charge in [0.15, 0.2) is 0 Å². The summed E-state index contributed by atoms with van der Waals surface area (Å²) < 4.78 is 39.4. The van der Waals surface area contributed by atoms with E-state index < -0.39 is 9.84 Å². The van der Waals surface area contributed by atoms with E-state index in [0.29, 0.717) is 16.3 Å². The smallest absolute Gasteiger partial charge is 0.233 e. The lowest BCUT2D eigenvalue weighted by Gasteiger charge is -1.99. The summed E-state index contributed by atoms with van der Waals surface area (Å²) in [6, 6.07) is 11.0. The van der Waals surface area contributed by atoms with E-state index in [9.17, 15) is 12.8 Å². The largest absolute Gasteiger partial charge is 0.260 e. The lowest BCUT2D eigenvalue weighted by molar-refractivity contribution is 0.591. The fourth-order valence-electron chi connectivity index (χ4n) is 2.31. The molecule has 0 unspecified atom stereocenters. The molecule has 0 aliphatic heterocycles. The Hall–Kier alpha value is -2.65. The number of aromatic nitrogens is 4. The standard InChI is InChI=1S/C16H11FN4O2S2/c17-12-6-4-11(5-7-12)14-9-21-15(19-14)24-16(20-21)25(22,23)10-13-3-1-2-8-18-13/h1-9H,10H2. The highest BCUT2D eigenvalue weighted by molar-refractivity contribution is 7.92. The molecule has 4 aromatic rings. The maximum absolute atomic E-state index is 13.0. The molecule has 6 nitrogen and oxygen atoms in total. The van der Waals surface area contributed by atoms with Gasteiger partial charge >= 0.3 is 0 Å². The molecule has 0 atom stereocenters. The summed E-state index contributed by atoms with van der Waals surface area (Å²) in [7, 11) is -3.59. The van der Waals surface area contributed by atoms with Crippen molar-refractivity contribution in [3.63, 3.8) is 0 Å². The fraction of sp³-hybridized carbons (Fsp3) is 0.0625. The number of rotatable bonds is 4. The van der Waals surface area contributed by atoms with Gasteiger partial charge in [0.1, 0.15) is 5.82 Å².